The fourth-order valence-electron chi connectivity index (χ4n) is 2.08. The fourth-order valence-corrected chi connectivity index (χ4v) is 2.70. The molecule has 1 N–H and O–H groups in total. The highest BCUT2D eigenvalue weighted by Crippen LogP contribution is 2.18. The van der Waals surface area contributed by atoms with Crippen molar-refractivity contribution in [1.29, 1.82) is 0 Å². The van der Waals surface area contributed by atoms with Crippen LogP contribution in [0.1, 0.15) is 16.0 Å². The average molecular weight is 359 g/mol. The van der Waals surface area contributed by atoms with Crippen molar-refractivity contribution in [3.05, 3.63) is 57.8 Å². The van der Waals surface area contributed by atoms with E-state index in [2.05, 4.69) is 5.32 Å². The summed E-state index contributed by atoms with van der Waals surface area (Å²) in [5.41, 5.74) is 2.23. The maximum Gasteiger partial charge on any atom is 0.331 e. The molecule has 0 radical (unpaired) electrons. The third-order valence-corrected chi connectivity index (χ3v) is 4.12. The van der Waals surface area contributed by atoms with Crippen LogP contribution in [0.4, 0.5) is 0 Å². The highest BCUT2D eigenvalue weighted by atomic mass is 32.1. The number of rotatable bonds is 8. The summed E-state index contributed by atoms with van der Waals surface area (Å²) < 4.78 is 10.5. The average Bonchev–Trinajstić information content (AvgIpc) is 3.10. The summed E-state index contributed by atoms with van der Waals surface area (Å²) in [6.07, 6.45) is 2.96. The fraction of sp³-hybridized carbons (Fsp3) is 0.263. The van der Waals surface area contributed by atoms with Gasteiger partial charge in [-0.1, -0.05) is 23.8 Å². The standard InChI is InChI=1S/C19H21NO4S/c1-14-5-7-17(15(2)12-14)23-10-9-20-18(21)13-24-19(22)8-6-16-4-3-11-25-16/h3-8,11-12H,9-10,13H2,1-2H3,(H,20,21)/b8-6+. The highest BCUT2D eigenvalue weighted by molar-refractivity contribution is 7.10. The minimum Gasteiger partial charge on any atom is -0.491 e. The van der Waals surface area contributed by atoms with E-state index in [4.69, 9.17) is 9.47 Å². The minimum atomic E-state index is -0.546. The molecule has 1 heterocycles. The van der Waals surface area contributed by atoms with Gasteiger partial charge in [0, 0.05) is 11.0 Å². The summed E-state index contributed by atoms with van der Waals surface area (Å²) in [4.78, 5) is 24.1. The number of benzene rings is 1. The summed E-state index contributed by atoms with van der Waals surface area (Å²) in [6, 6.07) is 9.70. The topological polar surface area (TPSA) is 64.6 Å². The number of aryl methyl sites for hydroxylation is 2. The molecule has 0 atom stereocenters. The molecule has 0 unspecified atom stereocenters. The Morgan fingerprint density at radius 2 is 2.08 bits per heavy atom. The van der Waals surface area contributed by atoms with Crippen LogP contribution in [0.3, 0.4) is 0 Å². The van der Waals surface area contributed by atoms with Crippen molar-refractivity contribution in [1.82, 2.24) is 5.32 Å². The molecule has 0 spiro atoms. The number of carbonyl (C=O) groups excluding carboxylic acids is 2. The first kappa shape index (κ1) is 18.7. The Labute approximate surface area is 151 Å². The summed E-state index contributed by atoms with van der Waals surface area (Å²) in [5, 5.41) is 4.56. The van der Waals surface area contributed by atoms with Gasteiger partial charge in [0.1, 0.15) is 12.4 Å². The van der Waals surface area contributed by atoms with Gasteiger partial charge in [-0.25, -0.2) is 4.79 Å². The summed E-state index contributed by atoms with van der Waals surface area (Å²) in [5.74, 6) is -0.109. The van der Waals surface area contributed by atoms with Gasteiger partial charge < -0.3 is 14.8 Å². The third kappa shape index (κ3) is 6.81. The van der Waals surface area contributed by atoms with Crippen LogP contribution >= 0.6 is 11.3 Å². The van der Waals surface area contributed by atoms with Crippen molar-refractivity contribution in [3.63, 3.8) is 0 Å². The Bertz CT molecular complexity index is 738. The van der Waals surface area contributed by atoms with Crippen LogP contribution in [0.5, 0.6) is 5.75 Å². The molecule has 2 rings (SSSR count). The predicted molar refractivity (Wildman–Crippen MR) is 98.7 cm³/mol. The van der Waals surface area contributed by atoms with E-state index in [0.29, 0.717) is 13.2 Å². The van der Waals surface area contributed by atoms with E-state index in [-0.39, 0.29) is 12.5 Å². The molecule has 2 aromatic rings. The molecule has 0 aliphatic heterocycles. The van der Waals surface area contributed by atoms with E-state index in [1.165, 1.54) is 23.0 Å². The van der Waals surface area contributed by atoms with E-state index in [1.807, 2.05) is 49.6 Å². The molecule has 1 aromatic heterocycles. The molecular weight excluding hydrogens is 338 g/mol. The van der Waals surface area contributed by atoms with Gasteiger partial charge in [-0.15, -0.1) is 11.3 Å². The quantitative estimate of drug-likeness (QED) is 0.447. The maximum absolute atomic E-state index is 11.6. The van der Waals surface area contributed by atoms with Crippen LogP contribution in [-0.4, -0.2) is 31.6 Å². The Hall–Kier alpha value is -2.60. The molecule has 132 valence electrons. The van der Waals surface area contributed by atoms with Crippen LogP contribution in [0.25, 0.3) is 6.08 Å². The number of carbonyl (C=O) groups is 2. The van der Waals surface area contributed by atoms with Crippen molar-refractivity contribution < 1.29 is 19.1 Å². The number of esters is 1. The predicted octanol–water partition coefficient (Wildman–Crippen LogP) is 3.12. The maximum atomic E-state index is 11.6. The molecule has 6 heteroatoms. The largest absolute Gasteiger partial charge is 0.491 e. The van der Waals surface area contributed by atoms with Crippen LogP contribution in [0.15, 0.2) is 41.8 Å². The zero-order chi connectivity index (χ0) is 18.1. The van der Waals surface area contributed by atoms with Crippen LogP contribution < -0.4 is 10.1 Å². The van der Waals surface area contributed by atoms with Crippen LogP contribution in [0.2, 0.25) is 0 Å². The molecule has 0 bridgehead atoms. The number of hydrogen-bond donors (Lipinski definition) is 1. The van der Waals surface area contributed by atoms with E-state index < -0.39 is 5.97 Å². The number of hydrogen-bond acceptors (Lipinski definition) is 5. The van der Waals surface area contributed by atoms with Crippen molar-refractivity contribution in [2.75, 3.05) is 19.8 Å². The number of thiophene rings is 1. The Balaban J connectivity index is 1.61. The van der Waals surface area contributed by atoms with Gasteiger partial charge in [-0.2, -0.15) is 0 Å². The second-order valence-corrected chi connectivity index (χ2v) is 6.40. The summed E-state index contributed by atoms with van der Waals surface area (Å²) >= 11 is 1.51. The minimum absolute atomic E-state index is 0.308. The van der Waals surface area contributed by atoms with E-state index in [1.54, 1.807) is 6.08 Å². The van der Waals surface area contributed by atoms with Crippen LogP contribution in [-0.2, 0) is 14.3 Å². The van der Waals surface area contributed by atoms with E-state index in [9.17, 15) is 9.59 Å². The molecule has 0 fully saturated rings. The first-order valence-corrected chi connectivity index (χ1v) is 8.77. The lowest BCUT2D eigenvalue weighted by Crippen LogP contribution is -2.32. The van der Waals surface area contributed by atoms with Crippen molar-refractivity contribution in [3.8, 4) is 5.75 Å². The summed E-state index contributed by atoms with van der Waals surface area (Å²) in [6.45, 7) is 4.38. The zero-order valence-corrected chi connectivity index (χ0v) is 15.1. The second kappa shape index (κ2) is 9.64. The number of amides is 1. The summed E-state index contributed by atoms with van der Waals surface area (Å²) in [7, 11) is 0. The third-order valence-electron chi connectivity index (χ3n) is 3.28. The molecule has 0 saturated heterocycles. The first-order chi connectivity index (χ1) is 12.0. The molecule has 0 aliphatic rings. The smallest absolute Gasteiger partial charge is 0.331 e. The second-order valence-electron chi connectivity index (χ2n) is 5.42. The van der Waals surface area contributed by atoms with E-state index in [0.717, 1.165) is 16.2 Å². The molecule has 1 amide bonds. The number of nitrogens with one attached hydrogen (secondary N) is 1. The molecule has 0 saturated carbocycles. The van der Waals surface area contributed by atoms with Gasteiger partial charge in [-0.3, -0.25) is 4.79 Å². The monoisotopic (exact) mass is 359 g/mol. The lowest BCUT2D eigenvalue weighted by Gasteiger charge is -2.10. The van der Waals surface area contributed by atoms with Gasteiger partial charge in [0.25, 0.3) is 5.91 Å². The Morgan fingerprint density at radius 3 is 2.80 bits per heavy atom. The highest BCUT2D eigenvalue weighted by Gasteiger charge is 2.05. The SMILES string of the molecule is Cc1ccc(OCCNC(=O)COC(=O)/C=C/c2cccs2)c(C)c1. The van der Waals surface area contributed by atoms with Gasteiger partial charge in [0.05, 0.1) is 6.54 Å². The molecular formula is C19H21NO4S. The molecule has 1 aromatic carbocycles. The Morgan fingerprint density at radius 1 is 1.24 bits per heavy atom. The zero-order valence-electron chi connectivity index (χ0n) is 14.3. The number of ether oxygens (including phenoxy) is 2. The van der Waals surface area contributed by atoms with Crippen LogP contribution in [0, 0.1) is 13.8 Å². The van der Waals surface area contributed by atoms with Gasteiger partial charge >= 0.3 is 5.97 Å². The Kier molecular flexibility index (Phi) is 7.22. The molecule has 0 aliphatic carbocycles. The van der Waals surface area contributed by atoms with Crippen molar-refractivity contribution in [2.45, 2.75) is 13.8 Å². The van der Waals surface area contributed by atoms with Gasteiger partial charge in [0.15, 0.2) is 6.61 Å². The van der Waals surface area contributed by atoms with Crippen molar-refractivity contribution in [2.24, 2.45) is 0 Å². The molecule has 25 heavy (non-hydrogen) atoms. The first-order valence-electron chi connectivity index (χ1n) is 7.89. The normalized spacial score (nSPS) is 10.6. The van der Waals surface area contributed by atoms with E-state index >= 15 is 0 Å². The van der Waals surface area contributed by atoms with Gasteiger partial charge in [0.2, 0.25) is 0 Å². The van der Waals surface area contributed by atoms with Gasteiger partial charge in [-0.05, 0) is 43.0 Å². The lowest BCUT2D eigenvalue weighted by molar-refractivity contribution is -0.143. The van der Waals surface area contributed by atoms with Crippen molar-refractivity contribution >= 4 is 29.3 Å². The lowest BCUT2D eigenvalue weighted by atomic mass is 10.1. The molecule has 5 nitrogen and oxygen atoms in total.